The molecule has 0 unspecified atom stereocenters. The number of hydrogen-bond acceptors (Lipinski definition) is 7. The van der Waals surface area contributed by atoms with Gasteiger partial charge in [-0.1, -0.05) is 18.2 Å². The number of anilines is 3. The molecular formula is C18H21N5O2. The van der Waals surface area contributed by atoms with Crippen molar-refractivity contribution < 1.29 is 9.47 Å². The zero-order valence-electron chi connectivity index (χ0n) is 14.1. The summed E-state index contributed by atoms with van der Waals surface area (Å²) in [7, 11) is 0. The number of aromatic nitrogens is 3. The molecular weight excluding hydrogens is 318 g/mol. The summed E-state index contributed by atoms with van der Waals surface area (Å²) >= 11 is 0. The van der Waals surface area contributed by atoms with E-state index >= 15 is 0 Å². The molecule has 4 heterocycles. The van der Waals surface area contributed by atoms with Crippen LogP contribution < -0.4 is 9.80 Å². The van der Waals surface area contributed by atoms with Gasteiger partial charge in [0.25, 0.3) is 5.95 Å². The van der Waals surface area contributed by atoms with E-state index in [4.69, 9.17) is 14.5 Å². The van der Waals surface area contributed by atoms with Gasteiger partial charge in [-0.15, -0.1) is 5.10 Å². The summed E-state index contributed by atoms with van der Waals surface area (Å²) in [5.41, 5.74) is 2.53. The van der Waals surface area contributed by atoms with E-state index in [0.717, 1.165) is 44.7 Å². The van der Waals surface area contributed by atoms with E-state index < -0.39 is 0 Å². The van der Waals surface area contributed by atoms with Crippen LogP contribution in [0.15, 0.2) is 30.5 Å². The maximum Gasteiger partial charge on any atom is 0.251 e. The second kappa shape index (κ2) is 5.93. The number of nitrogens with zero attached hydrogens (tertiary/aromatic N) is 5. The summed E-state index contributed by atoms with van der Waals surface area (Å²) in [4.78, 5) is 9.19. The molecule has 3 aliphatic rings. The summed E-state index contributed by atoms with van der Waals surface area (Å²) in [6.45, 7) is 4.01. The van der Waals surface area contributed by atoms with Crippen molar-refractivity contribution in [2.45, 2.75) is 25.0 Å². The molecule has 0 bridgehead atoms. The fourth-order valence-electron chi connectivity index (χ4n) is 3.96. The second-order valence-electron chi connectivity index (χ2n) is 6.74. The first-order valence-corrected chi connectivity index (χ1v) is 8.91. The quantitative estimate of drug-likeness (QED) is 0.828. The second-order valence-corrected chi connectivity index (χ2v) is 6.74. The van der Waals surface area contributed by atoms with Gasteiger partial charge in [-0.05, 0) is 18.1 Å². The molecule has 0 N–H and O–H groups in total. The van der Waals surface area contributed by atoms with Crippen LogP contribution in [0.5, 0.6) is 0 Å². The van der Waals surface area contributed by atoms with E-state index in [1.165, 1.54) is 11.3 Å². The third-order valence-corrected chi connectivity index (χ3v) is 5.33. The predicted octanol–water partition coefficient (Wildman–Crippen LogP) is 1.91. The molecule has 7 heteroatoms. The van der Waals surface area contributed by atoms with Gasteiger partial charge in [0.05, 0.1) is 19.4 Å². The molecule has 2 saturated heterocycles. The number of benzene rings is 1. The molecule has 5 rings (SSSR count). The predicted molar refractivity (Wildman–Crippen MR) is 93.1 cm³/mol. The lowest BCUT2D eigenvalue weighted by molar-refractivity contribution is -0.169. The third-order valence-electron chi connectivity index (χ3n) is 5.33. The van der Waals surface area contributed by atoms with Gasteiger partial charge in [-0.25, -0.2) is 0 Å². The molecule has 25 heavy (non-hydrogen) atoms. The van der Waals surface area contributed by atoms with Crippen LogP contribution in [-0.4, -0.2) is 53.8 Å². The van der Waals surface area contributed by atoms with Crippen molar-refractivity contribution in [3.8, 4) is 0 Å². The molecule has 0 atom stereocenters. The maximum atomic E-state index is 5.80. The summed E-state index contributed by atoms with van der Waals surface area (Å²) in [5, 5.41) is 8.48. The summed E-state index contributed by atoms with van der Waals surface area (Å²) in [6.07, 6.45) is 4.49. The van der Waals surface area contributed by atoms with Crippen LogP contribution in [0.4, 0.5) is 17.5 Å². The Morgan fingerprint density at radius 2 is 1.80 bits per heavy atom. The van der Waals surface area contributed by atoms with Crippen LogP contribution in [0, 0.1) is 0 Å². The highest BCUT2D eigenvalue weighted by atomic mass is 16.7. The lowest BCUT2D eigenvalue weighted by Crippen LogP contribution is -2.45. The van der Waals surface area contributed by atoms with Gasteiger partial charge in [0, 0.05) is 38.2 Å². The SMILES string of the molecule is c1ccc2c(c1)CCN2c1nncc(N2CCC3(CC2)OCCO3)n1. The molecule has 2 fully saturated rings. The molecule has 3 aliphatic heterocycles. The molecule has 130 valence electrons. The fourth-order valence-corrected chi connectivity index (χ4v) is 3.96. The number of para-hydroxylation sites is 1. The summed E-state index contributed by atoms with van der Waals surface area (Å²) in [6, 6.07) is 8.42. The topological polar surface area (TPSA) is 63.6 Å². The molecule has 0 amide bonds. The standard InChI is InChI=1S/C18H21N5O2/c1-2-4-15-14(3-1)5-8-23(15)17-20-16(13-19-21-17)22-9-6-18(7-10-22)24-11-12-25-18/h1-4,13H,5-12H2. The highest BCUT2D eigenvalue weighted by molar-refractivity contribution is 5.66. The van der Waals surface area contributed by atoms with E-state index in [-0.39, 0.29) is 5.79 Å². The van der Waals surface area contributed by atoms with Gasteiger partial charge >= 0.3 is 0 Å². The van der Waals surface area contributed by atoms with Crippen molar-refractivity contribution in [2.75, 3.05) is 42.6 Å². The Labute approximate surface area is 146 Å². The lowest BCUT2D eigenvalue weighted by Gasteiger charge is -2.38. The number of hydrogen-bond donors (Lipinski definition) is 0. The van der Waals surface area contributed by atoms with Crippen LogP contribution in [0.3, 0.4) is 0 Å². The fraction of sp³-hybridized carbons (Fsp3) is 0.500. The Morgan fingerprint density at radius 3 is 2.64 bits per heavy atom. The number of piperidine rings is 1. The Kier molecular flexibility index (Phi) is 3.57. The van der Waals surface area contributed by atoms with Gasteiger partial charge in [0.2, 0.25) is 0 Å². The van der Waals surface area contributed by atoms with Crippen LogP contribution >= 0.6 is 0 Å². The minimum Gasteiger partial charge on any atom is -0.355 e. The average Bonchev–Trinajstić information content (AvgIpc) is 3.30. The van der Waals surface area contributed by atoms with Crippen LogP contribution in [0.25, 0.3) is 0 Å². The normalized spacial score (nSPS) is 21.8. The van der Waals surface area contributed by atoms with Gasteiger partial charge in [-0.3, -0.25) is 0 Å². The first kappa shape index (κ1) is 15.0. The Hall–Kier alpha value is -2.25. The first-order valence-electron chi connectivity index (χ1n) is 8.91. The minimum absolute atomic E-state index is 0.367. The highest BCUT2D eigenvalue weighted by Gasteiger charge is 2.40. The van der Waals surface area contributed by atoms with Crippen LogP contribution in [-0.2, 0) is 15.9 Å². The third kappa shape index (κ3) is 2.63. The van der Waals surface area contributed by atoms with Crippen LogP contribution in [0.2, 0.25) is 0 Å². The van der Waals surface area contributed by atoms with Crippen molar-refractivity contribution in [3.05, 3.63) is 36.0 Å². The van der Waals surface area contributed by atoms with Crippen molar-refractivity contribution >= 4 is 17.5 Å². The van der Waals surface area contributed by atoms with Gasteiger partial charge < -0.3 is 19.3 Å². The van der Waals surface area contributed by atoms with Crippen LogP contribution in [0.1, 0.15) is 18.4 Å². The van der Waals surface area contributed by atoms with E-state index in [1.54, 1.807) is 6.20 Å². The van der Waals surface area contributed by atoms with E-state index in [9.17, 15) is 0 Å². The molecule has 7 nitrogen and oxygen atoms in total. The smallest absolute Gasteiger partial charge is 0.251 e. The molecule has 0 radical (unpaired) electrons. The van der Waals surface area contributed by atoms with Crippen molar-refractivity contribution in [1.29, 1.82) is 0 Å². The molecule has 1 spiro atoms. The zero-order valence-corrected chi connectivity index (χ0v) is 14.1. The van der Waals surface area contributed by atoms with E-state index in [0.29, 0.717) is 19.2 Å². The Balaban J connectivity index is 1.36. The molecule has 0 saturated carbocycles. The number of rotatable bonds is 2. The van der Waals surface area contributed by atoms with E-state index in [1.807, 2.05) is 0 Å². The number of fused-ring (bicyclic) bond motifs is 1. The lowest BCUT2D eigenvalue weighted by atomic mass is 10.0. The average molecular weight is 339 g/mol. The molecule has 0 aliphatic carbocycles. The summed E-state index contributed by atoms with van der Waals surface area (Å²) in [5.74, 6) is 1.19. The zero-order chi connectivity index (χ0) is 16.7. The van der Waals surface area contributed by atoms with Gasteiger partial charge in [0.15, 0.2) is 11.6 Å². The molecule has 1 aromatic heterocycles. The molecule has 2 aromatic rings. The van der Waals surface area contributed by atoms with Crippen molar-refractivity contribution in [1.82, 2.24) is 15.2 Å². The maximum absolute atomic E-state index is 5.80. The minimum atomic E-state index is -0.367. The Bertz CT molecular complexity index is 768. The largest absolute Gasteiger partial charge is 0.355 e. The Morgan fingerprint density at radius 1 is 1.00 bits per heavy atom. The monoisotopic (exact) mass is 339 g/mol. The van der Waals surface area contributed by atoms with Gasteiger partial charge in [0.1, 0.15) is 0 Å². The van der Waals surface area contributed by atoms with Gasteiger partial charge in [-0.2, -0.15) is 10.1 Å². The van der Waals surface area contributed by atoms with Crippen molar-refractivity contribution in [2.24, 2.45) is 0 Å². The number of ether oxygens (including phenoxy) is 2. The van der Waals surface area contributed by atoms with E-state index in [2.05, 4.69) is 44.3 Å². The van der Waals surface area contributed by atoms with Crippen molar-refractivity contribution in [3.63, 3.8) is 0 Å². The summed E-state index contributed by atoms with van der Waals surface area (Å²) < 4.78 is 11.6. The molecule has 1 aromatic carbocycles. The highest BCUT2D eigenvalue weighted by Crippen LogP contribution is 2.34. The first-order chi connectivity index (χ1) is 12.3.